The van der Waals surface area contributed by atoms with Crippen molar-refractivity contribution in [2.24, 2.45) is 0 Å². The zero-order valence-corrected chi connectivity index (χ0v) is 19.0. The predicted octanol–water partition coefficient (Wildman–Crippen LogP) is 6.04. The molecule has 10 heteroatoms. The quantitative estimate of drug-likeness (QED) is 0.295. The molecule has 0 fully saturated rings. The van der Waals surface area contributed by atoms with Gasteiger partial charge in [0, 0.05) is 22.0 Å². The lowest BCUT2D eigenvalue weighted by Gasteiger charge is -2.07. The van der Waals surface area contributed by atoms with E-state index in [9.17, 15) is 9.18 Å². The Kier molecular flexibility index (Phi) is 5.80. The Morgan fingerprint density at radius 1 is 1.00 bits per heavy atom. The highest BCUT2D eigenvalue weighted by atomic mass is 35.5. The highest BCUT2D eigenvalue weighted by Gasteiger charge is 2.16. The first-order valence-corrected chi connectivity index (χ1v) is 11.3. The van der Waals surface area contributed by atoms with Crippen molar-refractivity contribution in [3.8, 4) is 22.1 Å². The lowest BCUT2D eigenvalue weighted by atomic mass is 10.1. The zero-order valence-electron chi connectivity index (χ0n) is 16.7. The van der Waals surface area contributed by atoms with Crippen LogP contribution in [0.4, 0.5) is 4.39 Å². The van der Waals surface area contributed by atoms with Gasteiger partial charge in [-0.25, -0.2) is 4.39 Å². The maximum Gasteiger partial charge on any atom is 0.297 e. The topological polar surface area (TPSA) is 69.4 Å². The number of hydrogen-bond donors (Lipinski definition) is 0. The van der Waals surface area contributed by atoms with Crippen molar-refractivity contribution in [3.05, 3.63) is 104 Å². The smallest absolute Gasteiger partial charge is 0.297 e. The molecule has 2 heterocycles. The fraction of sp³-hybridized carbons (Fsp3) is 0.0435. The number of halogens is 3. The Hall–Kier alpha value is -3.33. The predicted molar refractivity (Wildman–Crippen MR) is 126 cm³/mol. The molecule has 5 rings (SSSR count). The Balaban J connectivity index is 1.49. The molecule has 0 unspecified atom stereocenters. The van der Waals surface area contributed by atoms with E-state index >= 15 is 0 Å². The van der Waals surface area contributed by atoms with Gasteiger partial charge in [-0.15, -0.1) is 10.2 Å². The van der Waals surface area contributed by atoms with Crippen LogP contribution >= 0.6 is 34.5 Å². The molecule has 0 spiro atoms. The summed E-state index contributed by atoms with van der Waals surface area (Å²) in [6.45, 7) is 0. The summed E-state index contributed by atoms with van der Waals surface area (Å²) in [5, 5.41) is 14.0. The van der Waals surface area contributed by atoms with E-state index in [2.05, 4.69) is 15.3 Å². The van der Waals surface area contributed by atoms with Crippen molar-refractivity contribution in [1.29, 1.82) is 0 Å². The molecule has 0 aliphatic rings. The number of nitrogens with zero attached hydrogens (tertiary/aromatic N) is 4. The van der Waals surface area contributed by atoms with Gasteiger partial charge < -0.3 is 4.74 Å². The largest absolute Gasteiger partial charge is 0.454 e. The fourth-order valence-corrected chi connectivity index (χ4v) is 4.46. The van der Waals surface area contributed by atoms with Crippen LogP contribution in [0.15, 0.2) is 71.5 Å². The number of ether oxygens (including phenoxy) is 1. The molecular weight excluding hydrogens is 486 g/mol. The number of fused-ring (bicyclic) bond motifs is 1. The zero-order chi connectivity index (χ0) is 22.9. The third kappa shape index (κ3) is 4.45. The number of aromatic nitrogens is 4. The van der Waals surface area contributed by atoms with Crippen LogP contribution in [0.25, 0.3) is 15.5 Å². The second-order valence-corrected chi connectivity index (χ2v) is 8.83. The number of rotatable bonds is 5. The molecule has 0 amide bonds. The Morgan fingerprint density at radius 3 is 2.61 bits per heavy atom. The Bertz CT molecular complexity index is 1540. The number of hydrogen-bond acceptors (Lipinski definition) is 6. The van der Waals surface area contributed by atoms with Gasteiger partial charge in [-0.3, -0.25) is 4.79 Å². The summed E-state index contributed by atoms with van der Waals surface area (Å²) in [5.74, 6) is 0.0442. The third-order valence-corrected chi connectivity index (χ3v) is 6.31. The molecule has 0 aliphatic carbocycles. The maximum atomic E-state index is 14.3. The summed E-state index contributed by atoms with van der Waals surface area (Å²) in [5.41, 5.74) is 1.07. The van der Waals surface area contributed by atoms with Crippen LogP contribution in [0.5, 0.6) is 11.5 Å². The van der Waals surface area contributed by atoms with E-state index in [1.54, 1.807) is 48.5 Å². The monoisotopic (exact) mass is 498 g/mol. The first kappa shape index (κ1) is 21.5. The first-order chi connectivity index (χ1) is 16.0. The molecule has 0 bridgehead atoms. The van der Waals surface area contributed by atoms with Gasteiger partial charge in [-0.2, -0.15) is 9.61 Å². The van der Waals surface area contributed by atoms with Crippen LogP contribution < -0.4 is 10.3 Å². The van der Waals surface area contributed by atoms with Gasteiger partial charge in [0.25, 0.3) is 5.56 Å². The van der Waals surface area contributed by atoms with Crippen LogP contribution in [-0.2, 0) is 6.42 Å². The Morgan fingerprint density at radius 2 is 1.82 bits per heavy atom. The third-order valence-electron chi connectivity index (χ3n) is 4.78. The molecule has 0 atom stereocenters. The molecule has 0 N–H and O–H groups in total. The van der Waals surface area contributed by atoms with E-state index in [0.29, 0.717) is 36.9 Å². The minimum atomic E-state index is -0.511. The van der Waals surface area contributed by atoms with Gasteiger partial charge in [-0.05, 0) is 48.0 Å². The normalized spacial score (nSPS) is 11.1. The average molecular weight is 499 g/mol. The molecule has 0 radical (unpaired) electrons. The summed E-state index contributed by atoms with van der Waals surface area (Å²) in [7, 11) is 0. The summed E-state index contributed by atoms with van der Waals surface area (Å²) < 4.78 is 21.2. The van der Waals surface area contributed by atoms with Crippen molar-refractivity contribution in [2.75, 3.05) is 0 Å². The van der Waals surface area contributed by atoms with Crippen LogP contribution in [0.3, 0.4) is 0 Å². The maximum absolute atomic E-state index is 14.3. The van der Waals surface area contributed by atoms with E-state index in [4.69, 9.17) is 27.9 Å². The van der Waals surface area contributed by atoms with E-state index in [1.807, 2.05) is 6.07 Å². The van der Waals surface area contributed by atoms with Crippen LogP contribution in [0, 0.1) is 5.82 Å². The average Bonchev–Trinajstić information content (AvgIpc) is 3.25. The van der Waals surface area contributed by atoms with Crippen molar-refractivity contribution in [3.63, 3.8) is 0 Å². The first-order valence-electron chi connectivity index (χ1n) is 9.70. The minimum absolute atomic E-state index is 0.0504. The van der Waals surface area contributed by atoms with Gasteiger partial charge >= 0.3 is 0 Å². The minimum Gasteiger partial charge on any atom is -0.454 e. The molecular formula is C23H13Cl2FN4O2S. The van der Waals surface area contributed by atoms with Gasteiger partial charge in [-0.1, -0.05) is 58.8 Å². The van der Waals surface area contributed by atoms with Crippen LogP contribution in [0.2, 0.25) is 10.0 Å². The molecule has 0 saturated heterocycles. The molecule has 5 aromatic rings. The van der Waals surface area contributed by atoms with Crippen LogP contribution in [-0.4, -0.2) is 19.8 Å². The van der Waals surface area contributed by atoms with Crippen molar-refractivity contribution in [2.45, 2.75) is 6.42 Å². The standard InChI is InChI=1S/C23H13Cl2FN4O2S/c24-15-8-6-13(17(25)12-15)10-19-22(31)30-23(28-27-19)33-21(29-30)14-7-9-18(26)20(11-14)32-16-4-2-1-3-5-16/h1-9,11-12H,10H2. The van der Waals surface area contributed by atoms with Gasteiger partial charge in [0.1, 0.15) is 16.5 Å². The molecule has 33 heavy (non-hydrogen) atoms. The van der Waals surface area contributed by atoms with Crippen LogP contribution in [0.1, 0.15) is 11.3 Å². The Labute approximate surface area is 200 Å². The SMILES string of the molecule is O=c1c(Cc2ccc(Cl)cc2Cl)nnc2sc(-c3ccc(F)c(Oc4ccccc4)c3)nn12. The van der Waals surface area contributed by atoms with Gasteiger partial charge in [0.2, 0.25) is 4.96 Å². The summed E-state index contributed by atoms with van der Waals surface area (Å²) in [6.07, 6.45) is 0.184. The second kappa shape index (κ2) is 8.90. The molecule has 0 saturated carbocycles. The molecule has 3 aromatic carbocycles. The molecule has 0 aliphatic heterocycles. The molecule has 6 nitrogen and oxygen atoms in total. The summed E-state index contributed by atoms with van der Waals surface area (Å²) in [6, 6.07) is 18.3. The van der Waals surface area contributed by atoms with E-state index in [-0.39, 0.29) is 17.9 Å². The van der Waals surface area contributed by atoms with Gasteiger partial charge in [0.15, 0.2) is 11.6 Å². The van der Waals surface area contributed by atoms with E-state index in [0.717, 1.165) is 11.3 Å². The lowest BCUT2D eigenvalue weighted by Crippen LogP contribution is -2.22. The van der Waals surface area contributed by atoms with E-state index < -0.39 is 11.4 Å². The molecule has 2 aromatic heterocycles. The van der Waals surface area contributed by atoms with E-state index in [1.165, 1.54) is 16.6 Å². The number of para-hydroxylation sites is 1. The summed E-state index contributed by atoms with van der Waals surface area (Å²) >= 11 is 13.3. The highest BCUT2D eigenvalue weighted by Crippen LogP contribution is 2.31. The van der Waals surface area contributed by atoms with Crippen molar-refractivity contribution < 1.29 is 9.13 Å². The lowest BCUT2D eigenvalue weighted by molar-refractivity contribution is 0.442. The van der Waals surface area contributed by atoms with Crippen molar-refractivity contribution >= 4 is 39.5 Å². The van der Waals surface area contributed by atoms with Gasteiger partial charge in [0.05, 0.1) is 0 Å². The molecule has 164 valence electrons. The second-order valence-electron chi connectivity index (χ2n) is 7.03. The number of benzene rings is 3. The van der Waals surface area contributed by atoms with Crippen molar-refractivity contribution in [1.82, 2.24) is 19.8 Å². The summed E-state index contributed by atoms with van der Waals surface area (Å²) in [4.78, 5) is 13.3. The highest BCUT2D eigenvalue weighted by molar-refractivity contribution is 7.19. The fourth-order valence-electron chi connectivity index (χ4n) is 3.15.